The van der Waals surface area contributed by atoms with Crippen molar-refractivity contribution in [1.29, 1.82) is 0 Å². The molecule has 1 nitrogen and oxygen atoms in total. The Morgan fingerprint density at radius 2 is 2.00 bits per heavy atom. The first-order valence-corrected chi connectivity index (χ1v) is 2.47. The Morgan fingerprint density at radius 1 is 1.50 bits per heavy atom. The van der Waals surface area contributed by atoms with Gasteiger partial charge in [-0.05, 0) is 18.8 Å². The van der Waals surface area contributed by atoms with Gasteiger partial charge in [-0.3, -0.25) is 0 Å². The van der Waals surface area contributed by atoms with Gasteiger partial charge in [0.2, 0.25) is 0 Å². The smallest absolute Gasteiger partial charge is 0.0545 e. The highest BCUT2D eigenvalue weighted by Crippen LogP contribution is 2.25. The van der Waals surface area contributed by atoms with Gasteiger partial charge < -0.3 is 5.11 Å². The molecule has 1 aliphatic carbocycles. The molecule has 0 saturated heterocycles. The van der Waals surface area contributed by atoms with Crippen LogP contribution in [0.3, 0.4) is 0 Å². The molecule has 36 valence electrons. The van der Waals surface area contributed by atoms with Crippen molar-refractivity contribution in [2.45, 2.75) is 25.9 Å². The van der Waals surface area contributed by atoms with E-state index < -0.39 is 0 Å². The van der Waals surface area contributed by atoms with Crippen molar-refractivity contribution in [3.63, 3.8) is 0 Å². The van der Waals surface area contributed by atoms with Gasteiger partial charge in [-0.1, -0.05) is 6.92 Å². The van der Waals surface area contributed by atoms with Gasteiger partial charge in [0.25, 0.3) is 0 Å². The van der Waals surface area contributed by atoms with Crippen LogP contribution in [0.15, 0.2) is 0 Å². The Labute approximate surface area is 38.0 Å². The van der Waals surface area contributed by atoms with E-state index in [0.717, 1.165) is 18.8 Å². The highest BCUT2D eigenvalue weighted by molar-refractivity contribution is 4.73. The largest absolute Gasteiger partial charge is 0.393 e. The second kappa shape index (κ2) is 1.23. The molecule has 0 radical (unpaired) electrons. The zero-order valence-electron chi connectivity index (χ0n) is 4.02. The van der Waals surface area contributed by atoms with Crippen LogP contribution in [0.1, 0.15) is 19.8 Å². The average molecular weight is 86.1 g/mol. The number of hydrogen-bond donors (Lipinski definition) is 1. The maximum absolute atomic E-state index is 8.62. The Balaban J connectivity index is 2.11. The summed E-state index contributed by atoms with van der Waals surface area (Å²) in [6.45, 7) is 2.16. The summed E-state index contributed by atoms with van der Waals surface area (Å²) in [5, 5.41) is 8.62. The summed E-state index contributed by atoms with van der Waals surface area (Å²) in [4.78, 5) is 0. The van der Waals surface area contributed by atoms with Gasteiger partial charge in [-0.25, -0.2) is 0 Å². The van der Waals surface area contributed by atoms with E-state index in [0.29, 0.717) is 0 Å². The van der Waals surface area contributed by atoms with Gasteiger partial charge in [-0.2, -0.15) is 0 Å². The van der Waals surface area contributed by atoms with E-state index in [2.05, 4.69) is 6.92 Å². The fourth-order valence-corrected chi connectivity index (χ4v) is 0.860. The van der Waals surface area contributed by atoms with Crippen LogP contribution >= 0.6 is 0 Å². The molecule has 0 amide bonds. The highest BCUT2D eigenvalue weighted by Gasteiger charge is 2.21. The van der Waals surface area contributed by atoms with Crippen LogP contribution in [0, 0.1) is 5.92 Å². The van der Waals surface area contributed by atoms with E-state index >= 15 is 0 Å². The molecule has 0 bridgehead atoms. The van der Waals surface area contributed by atoms with E-state index in [1.54, 1.807) is 0 Å². The lowest BCUT2D eigenvalue weighted by molar-refractivity contribution is 0.0513. The normalized spacial score (nSPS) is 45.0. The third kappa shape index (κ3) is 0.548. The van der Waals surface area contributed by atoms with Crippen molar-refractivity contribution in [2.75, 3.05) is 0 Å². The molecule has 0 aromatic carbocycles. The molecular weight excluding hydrogens is 76.1 g/mol. The SMILES string of the molecule is CC1CC(O)C1. The third-order valence-corrected chi connectivity index (χ3v) is 1.35. The minimum absolute atomic E-state index is 0.0417. The first-order valence-electron chi connectivity index (χ1n) is 2.47. The summed E-state index contributed by atoms with van der Waals surface area (Å²) in [7, 11) is 0. The quantitative estimate of drug-likeness (QED) is 0.462. The Morgan fingerprint density at radius 3 is 2.00 bits per heavy atom. The lowest BCUT2D eigenvalue weighted by Crippen LogP contribution is -2.25. The van der Waals surface area contributed by atoms with Crippen molar-refractivity contribution in [3.05, 3.63) is 0 Å². The third-order valence-electron chi connectivity index (χ3n) is 1.35. The molecule has 1 fully saturated rings. The Hall–Kier alpha value is -0.0400. The summed E-state index contributed by atoms with van der Waals surface area (Å²) in [5.74, 6) is 0.792. The molecule has 0 spiro atoms. The lowest BCUT2D eigenvalue weighted by Gasteiger charge is -2.27. The predicted octanol–water partition coefficient (Wildman–Crippen LogP) is 0.777. The van der Waals surface area contributed by atoms with Crippen molar-refractivity contribution >= 4 is 0 Å². The molecule has 0 aliphatic heterocycles. The van der Waals surface area contributed by atoms with E-state index in [4.69, 9.17) is 5.11 Å². The zero-order chi connectivity index (χ0) is 4.57. The van der Waals surface area contributed by atoms with Crippen LogP contribution in [-0.4, -0.2) is 11.2 Å². The Kier molecular flexibility index (Phi) is 0.845. The monoisotopic (exact) mass is 86.1 g/mol. The molecule has 1 aliphatic rings. The van der Waals surface area contributed by atoms with Gasteiger partial charge in [0.05, 0.1) is 6.10 Å². The van der Waals surface area contributed by atoms with Gasteiger partial charge in [0, 0.05) is 0 Å². The summed E-state index contributed by atoms with van der Waals surface area (Å²) in [6.07, 6.45) is 2.10. The average Bonchev–Trinajstić information content (AvgIpc) is 1.33. The molecule has 6 heavy (non-hydrogen) atoms. The molecule has 1 heteroatoms. The van der Waals surface area contributed by atoms with E-state index in [-0.39, 0.29) is 6.10 Å². The summed E-state index contributed by atoms with van der Waals surface area (Å²) >= 11 is 0. The minimum Gasteiger partial charge on any atom is -0.393 e. The zero-order valence-corrected chi connectivity index (χ0v) is 4.02. The van der Waals surface area contributed by atoms with Crippen LogP contribution in [-0.2, 0) is 0 Å². The molecule has 0 atom stereocenters. The predicted molar refractivity (Wildman–Crippen MR) is 24.4 cm³/mol. The lowest BCUT2D eigenvalue weighted by atomic mass is 9.84. The molecular formula is C5H10O. The standard InChI is InChI=1S/C5H10O/c1-4-2-5(6)3-4/h4-6H,2-3H2,1H3. The second-order valence-electron chi connectivity index (χ2n) is 2.23. The van der Waals surface area contributed by atoms with Crippen molar-refractivity contribution < 1.29 is 5.11 Å². The fourth-order valence-electron chi connectivity index (χ4n) is 0.860. The van der Waals surface area contributed by atoms with E-state index in [9.17, 15) is 0 Å². The van der Waals surface area contributed by atoms with Gasteiger partial charge in [-0.15, -0.1) is 0 Å². The number of rotatable bonds is 0. The summed E-state index contributed by atoms with van der Waals surface area (Å²) < 4.78 is 0. The van der Waals surface area contributed by atoms with E-state index in [1.165, 1.54) is 0 Å². The van der Waals surface area contributed by atoms with Crippen molar-refractivity contribution in [3.8, 4) is 0 Å². The highest BCUT2D eigenvalue weighted by atomic mass is 16.3. The fraction of sp³-hybridized carbons (Fsp3) is 1.00. The van der Waals surface area contributed by atoms with Crippen LogP contribution < -0.4 is 0 Å². The molecule has 1 N–H and O–H groups in total. The maximum atomic E-state index is 8.62. The molecule has 1 saturated carbocycles. The summed E-state index contributed by atoms with van der Waals surface area (Å²) in [5.41, 5.74) is 0. The summed E-state index contributed by atoms with van der Waals surface area (Å²) in [6, 6.07) is 0. The molecule has 1 rings (SSSR count). The minimum atomic E-state index is 0.0417. The molecule has 0 aromatic rings. The Bertz CT molecular complexity index is 39.9. The van der Waals surface area contributed by atoms with Crippen LogP contribution in [0.4, 0.5) is 0 Å². The maximum Gasteiger partial charge on any atom is 0.0545 e. The number of hydrogen-bond acceptors (Lipinski definition) is 1. The first-order chi connectivity index (χ1) is 2.79. The molecule has 0 heterocycles. The number of aliphatic hydroxyl groups is 1. The van der Waals surface area contributed by atoms with Gasteiger partial charge in [0.15, 0.2) is 0 Å². The van der Waals surface area contributed by atoms with Crippen molar-refractivity contribution in [2.24, 2.45) is 5.92 Å². The molecule has 0 unspecified atom stereocenters. The number of aliphatic hydroxyl groups excluding tert-OH is 1. The second-order valence-corrected chi connectivity index (χ2v) is 2.23. The van der Waals surface area contributed by atoms with Crippen LogP contribution in [0.2, 0.25) is 0 Å². The van der Waals surface area contributed by atoms with Gasteiger partial charge >= 0.3 is 0 Å². The van der Waals surface area contributed by atoms with Crippen molar-refractivity contribution in [1.82, 2.24) is 0 Å². The first kappa shape index (κ1) is 4.13. The van der Waals surface area contributed by atoms with Crippen LogP contribution in [0.25, 0.3) is 0 Å². The van der Waals surface area contributed by atoms with E-state index in [1.807, 2.05) is 0 Å². The van der Waals surface area contributed by atoms with Gasteiger partial charge in [0.1, 0.15) is 0 Å². The topological polar surface area (TPSA) is 20.2 Å². The molecule has 0 aromatic heterocycles. The van der Waals surface area contributed by atoms with Crippen LogP contribution in [0.5, 0.6) is 0 Å².